The number of hydrogen-bond acceptors (Lipinski definition) is 4. The Morgan fingerprint density at radius 3 is 2.53 bits per heavy atom. The monoisotopic (exact) mass is 228 g/mol. The van der Waals surface area contributed by atoms with Crippen molar-refractivity contribution in [1.29, 1.82) is 0 Å². The van der Waals surface area contributed by atoms with Gasteiger partial charge in [-0.1, -0.05) is 20.8 Å². The summed E-state index contributed by atoms with van der Waals surface area (Å²) < 4.78 is 0. The van der Waals surface area contributed by atoms with Gasteiger partial charge in [0.15, 0.2) is 0 Å². The van der Waals surface area contributed by atoms with Gasteiger partial charge in [-0.05, 0) is 0 Å². The maximum atomic E-state index is 11.7. The maximum Gasteiger partial charge on any atom is 0.288 e. The molecular weight excluding hydrogens is 212 g/mol. The van der Waals surface area contributed by atoms with E-state index in [1.807, 2.05) is 0 Å². The third-order valence-electron chi connectivity index (χ3n) is 1.92. The normalized spacial score (nSPS) is 11.5. The Hall–Kier alpha value is -0.940. The highest BCUT2D eigenvalue weighted by Crippen LogP contribution is 2.27. The van der Waals surface area contributed by atoms with E-state index in [4.69, 9.17) is 4.84 Å². The molecule has 0 aliphatic rings. The Labute approximate surface area is 93.8 Å². The van der Waals surface area contributed by atoms with E-state index >= 15 is 0 Å². The van der Waals surface area contributed by atoms with Crippen LogP contribution in [-0.2, 0) is 10.3 Å². The third kappa shape index (κ3) is 2.76. The second-order valence-electron chi connectivity index (χ2n) is 4.26. The Morgan fingerprint density at radius 1 is 1.53 bits per heavy atom. The van der Waals surface area contributed by atoms with E-state index < -0.39 is 0 Å². The first-order valence-corrected chi connectivity index (χ1v) is 5.46. The summed E-state index contributed by atoms with van der Waals surface area (Å²) in [6.07, 6.45) is 1.60. The quantitative estimate of drug-likeness (QED) is 0.728. The molecule has 0 spiro atoms. The minimum absolute atomic E-state index is 0.0190. The average molecular weight is 228 g/mol. The van der Waals surface area contributed by atoms with Gasteiger partial charge < -0.3 is 0 Å². The summed E-state index contributed by atoms with van der Waals surface area (Å²) in [5.74, 6) is -0.162. The summed E-state index contributed by atoms with van der Waals surface area (Å²) in [6.45, 7) is 6.21. The van der Waals surface area contributed by atoms with Crippen LogP contribution in [0.3, 0.4) is 0 Å². The second kappa shape index (κ2) is 4.28. The molecule has 1 rings (SSSR count). The van der Waals surface area contributed by atoms with Gasteiger partial charge in [0.05, 0.1) is 18.3 Å². The summed E-state index contributed by atoms with van der Waals surface area (Å²) in [6, 6.07) is 0. The highest BCUT2D eigenvalue weighted by molar-refractivity contribution is 7.13. The molecule has 0 fully saturated rings. The Morgan fingerprint density at radius 2 is 2.13 bits per heavy atom. The lowest BCUT2D eigenvalue weighted by Crippen LogP contribution is -2.24. The van der Waals surface area contributed by atoms with Crippen molar-refractivity contribution < 1.29 is 9.63 Å². The molecule has 1 aromatic heterocycles. The summed E-state index contributed by atoms with van der Waals surface area (Å²) in [4.78, 5) is 21.4. The zero-order valence-corrected chi connectivity index (χ0v) is 10.5. The van der Waals surface area contributed by atoms with Gasteiger partial charge in [-0.25, -0.2) is 10.0 Å². The van der Waals surface area contributed by atoms with Crippen LogP contribution in [0.2, 0.25) is 0 Å². The molecule has 0 radical (unpaired) electrons. The number of carbonyl (C=O) groups is 1. The molecule has 0 N–H and O–H groups in total. The van der Waals surface area contributed by atoms with Gasteiger partial charge in [-0.3, -0.25) is 9.63 Å². The minimum atomic E-state index is -0.162. The van der Waals surface area contributed by atoms with Gasteiger partial charge >= 0.3 is 0 Å². The number of nitrogens with zero attached hydrogens (tertiary/aromatic N) is 2. The van der Waals surface area contributed by atoms with Gasteiger partial charge in [-0.15, -0.1) is 11.3 Å². The van der Waals surface area contributed by atoms with Gasteiger partial charge in [-0.2, -0.15) is 0 Å². The van der Waals surface area contributed by atoms with Crippen molar-refractivity contribution in [2.75, 3.05) is 14.2 Å². The molecule has 1 amide bonds. The van der Waals surface area contributed by atoms with Crippen LogP contribution in [0.5, 0.6) is 0 Å². The summed E-state index contributed by atoms with van der Waals surface area (Å²) in [5.41, 5.74) is -0.0190. The number of rotatable bonds is 2. The predicted molar refractivity (Wildman–Crippen MR) is 59.9 cm³/mol. The van der Waals surface area contributed by atoms with Crippen LogP contribution in [0.4, 0.5) is 0 Å². The van der Waals surface area contributed by atoms with Crippen molar-refractivity contribution >= 4 is 17.2 Å². The largest absolute Gasteiger partial charge is 0.288 e. The molecular formula is C10H16N2O2S. The minimum Gasteiger partial charge on any atom is -0.274 e. The molecule has 5 heteroatoms. The topological polar surface area (TPSA) is 42.4 Å². The fraction of sp³-hybridized carbons (Fsp3) is 0.600. The van der Waals surface area contributed by atoms with Crippen LogP contribution in [0, 0.1) is 0 Å². The molecule has 0 aliphatic carbocycles. The Balaban J connectivity index is 2.90. The van der Waals surface area contributed by atoms with Crippen LogP contribution in [0.15, 0.2) is 6.20 Å². The molecule has 0 saturated carbocycles. The number of amides is 1. The number of carbonyl (C=O) groups excluding carboxylic acids is 1. The number of hydrogen-bond donors (Lipinski definition) is 0. The van der Waals surface area contributed by atoms with Gasteiger partial charge in [0, 0.05) is 12.5 Å². The summed E-state index contributed by atoms with van der Waals surface area (Å²) >= 11 is 1.41. The van der Waals surface area contributed by atoms with Crippen molar-refractivity contribution in [3.8, 4) is 0 Å². The standard InChI is InChI=1S/C10H16N2O2S/c1-10(2,3)9-11-6-7(15-9)8(13)12(4)14-5/h6H,1-5H3. The molecule has 0 saturated heterocycles. The fourth-order valence-corrected chi connectivity index (χ4v) is 1.90. The van der Waals surface area contributed by atoms with Crippen LogP contribution >= 0.6 is 11.3 Å². The fourth-order valence-electron chi connectivity index (χ4n) is 0.958. The number of hydroxylamine groups is 2. The van der Waals surface area contributed by atoms with Crippen LogP contribution in [-0.4, -0.2) is 30.1 Å². The van der Waals surface area contributed by atoms with Gasteiger partial charge in [0.2, 0.25) is 0 Å². The SMILES string of the molecule is CON(C)C(=O)c1cnc(C(C)(C)C)s1. The number of aromatic nitrogens is 1. The molecule has 0 bridgehead atoms. The van der Waals surface area contributed by atoms with Crippen LogP contribution < -0.4 is 0 Å². The maximum absolute atomic E-state index is 11.7. The van der Waals surface area contributed by atoms with Crippen molar-refractivity contribution in [3.63, 3.8) is 0 Å². The third-order valence-corrected chi connectivity index (χ3v) is 3.33. The van der Waals surface area contributed by atoms with Crippen LogP contribution in [0.1, 0.15) is 35.5 Å². The first-order valence-electron chi connectivity index (χ1n) is 4.64. The van der Waals surface area contributed by atoms with Crippen molar-refractivity contribution in [2.45, 2.75) is 26.2 Å². The first kappa shape index (κ1) is 12.1. The molecule has 0 aromatic carbocycles. The zero-order valence-electron chi connectivity index (χ0n) is 9.70. The lowest BCUT2D eigenvalue weighted by atomic mass is 9.98. The molecule has 0 aliphatic heterocycles. The van der Waals surface area contributed by atoms with E-state index in [2.05, 4.69) is 25.8 Å². The zero-order chi connectivity index (χ0) is 11.6. The summed E-state index contributed by atoms with van der Waals surface area (Å²) in [5, 5.41) is 2.15. The molecule has 0 atom stereocenters. The molecule has 15 heavy (non-hydrogen) atoms. The molecule has 0 unspecified atom stereocenters. The second-order valence-corrected chi connectivity index (χ2v) is 5.30. The lowest BCUT2D eigenvalue weighted by Gasteiger charge is -2.14. The van der Waals surface area contributed by atoms with Crippen molar-refractivity contribution in [2.24, 2.45) is 0 Å². The van der Waals surface area contributed by atoms with Crippen LogP contribution in [0.25, 0.3) is 0 Å². The van der Waals surface area contributed by atoms with Crippen molar-refractivity contribution in [3.05, 3.63) is 16.1 Å². The van der Waals surface area contributed by atoms with E-state index in [1.165, 1.54) is 23.5 Å². The first-order chi connectivity index (χ1) is 6.86. The highest BCUT2D eigenvalue weighted by Gasteiger charge is 2.21. The van der Waals surface area contributed by atoms with E-state index in [0.29, 0.717) is 4.88 Å². The predicted octanol–water partition coefficient (Wildman–Crippen LogP) is 2.07. The van der Waals surface area contributed by atoms with Gasteiger partial charge in [0.1, 0.15) is 4.88 Å². The molecule has 84 valence electrons. The van der Waals surface area contributed by atoms with E-state index in [0.717, 1.165) is 5.01 Å². The van der Waals surface area contributed by atoms with E-state index in [1.54, 1.807) is 13.2 Å². The molecule has 1 aromatic rings. The smallest absolute Gasteiger partial charge is 0.274 e. The van der Waals surface area contributed by atoms with Crippen molar-refractivity contribution in [1.82, 2.24) is 10.0 Å². The van der Waals surface area contributed by atoms with E-state index in [-0.39, 0.29) is 11.3 Å². The highest BCUT2D eigenvalue weighted by atomic mass is 32.1. The Bertz CT molecular complexity index is 355. The molecule has 4 nitrogen and oxygen atoms in total. The van der Waals surface area contributed by atoms with Gasteiger partial charge in [0.25, 0.3) is 5.91 Å². The van der Waals surface area contributed by atoms with E-state index in [9.17, 15) is 4.79 Å². The lowest BCUT2D eigenvalue weighted by molar-refractivity contribution is -0.0754. The molecule has 1 heterocycles. The average Bonchev–Trinajstić information content (AvgIpc) is 2.63. The Kier molecular flexibility index (Phi) is 3.46. The summed E-state index contributed by atoms with van der Waals surface area (Å²) in [7, 11) is 3.04. The number of thiazole rings is 1.